The predicted octanol–water partition coefficient (Wildman–Crippen LogP) is 5.07. The molecule has 1 aliphatic heterocycles. The van der Waals surface area contributed by atoms with Crippen molar-refractivity contribution in [2.24, 2.45) is 5.92 Å². The van der Waals surface area contributed by atoms with Gasteiger partial charge in [0.15, 0.2) is 0 Å². The zero-order valence-electron chi connectivity index (χ0n) is 19.8. The summed E-state index contributed by atoms with van der Waals surface area (Å²) < 4.78 is 4.04. The van der Waals surface area contributed by atoms with Crippen LogP contribution < -0.4 is 5.32 Å². The Morgan fingerprint density at radius 1 is 1.12 bits per heavy atom. The summed E-state index contributed by atoms with van der Waals surface area (Å²) in [6, 6.07) is 16.0. The summed E-state index contributed by atoms with van der Waals surface area (Å²) in [6.45, 7) is 7.58. The number of carbonyl (C=O) groups excluding carboxylic acids is 2. The van der Waals surface area contributed by atoms with Gasteiger partial charge < -0.3 is 19.4 Å². The number of nitrogens with one attached hydrogen (secondary N) is 1. The van der Waals surface area contributed by atoms with Crippen LogP contribution in [0.4, 0.5) is 0 Å². The van der Waals surface area contributed by atoms with Gasteiger partial charge in [-0.2, -0.15) is 0 Å². The summed E-state index contributed by atoms with van der Waals surface area (Å²) in [6.07, 6.45) is 4.83. The molecule has 176 valence electrons. The fraction of sp³-hybridized carbons (Fsp3) is 0.333. The van der Waals surface area contributed by atoms with Gasteiger partial charge in [0, 0.05) is 29.2 Å². The molecule has 0 aliphatic carbocycles. The molecule has 4 heterocycles. The number of rotatable bonds is 7. The molecule has 5 rings (SSSR count). The Labute approximate surface area is 203 Å². The van der Waals surface area contributed by atoms with Crippen LogP contribution >= 0.6 is 11.3 Å². The number of aromatic nitrogens is 2. The quantitative estimate of drug-likeness (QED) is 0.407. The number of benzene rings is 1. The number of hydrogen-bond acceptors (Lipinski definition) is 3. The fourth-order valence-corrected chi connectivity index (χ4v) is 5.51. The number of nitrogens with zero attached hydrogens (tertiary/aromatic N) is 3. The van der Waals surface area contributed by atoms with E-state index in [0.29, 0.717) is 31.2 Å². The van der Waals surface area contributed by atoms with E-state index in [-0.39, 0.29) is 11.8 Å². The van der Waals surface area contributed by atoms with Crippen molar-refractivity contribution in [3.05, 3.63) is 76.9 Å². The monoisotopic (exact) mass is 474 g/mol. The lowest BCUT2D eigenvalue weighted by Gasteiger charge is -2.44. The molecule has 1 atom stereocenters. The lowest BCUT2D eigenvalue weighted by molar-refractivity contribution is -0.133. The molecular weight excluding hydrogens is 444 g/mol. The van der Waals surface area contributed by atoms with Gasteiger partial charge in [-0.15, -0.1) is 11.3 Å². The number of fused-ring (bicyclic) bond motifs is 3. The van der Waals surface area contributed by atoms with E-state index in [9.17, 15) is 9.59 Å². The van der Waals surface area contributed by atoms with Crippen LogP contribution in [0.25, 0.3) is 16.6 Å². The highest BCUT2D eigenvalue weighted by Crippen LogP contribution is 2.38. The van der Waals surface area contributed by atoms with Gasteiger partial charge >= 0.3 is 0 Å². The van der Waals surface area contributed by atoms with E-state index >= 15 is 0 Å². The van der Waals surface area contributed by atoms with Crippen LogP contribution in [-0.2, 0) is 17.9 Å². The molecule has 1 N–H and O–H groups in total. The number of para-hydroxylation sites is 1. The Morgan fingerprint density at radius 3 is 2.59 bits per heavy atom. The average molecular weight is 475 g/mol. The largest absolute Gasteiger partial charge is 0.354 e. The second kappa shape index (κ2) is 8.80. The molecule has 0 fully saturated rings. The summed E-state index contributed by atoms with van der Waals surface area (Å²) in [7, 11) is 0. The maximum absolute atomic E-state index is 14.2. The molecule has 7 heteroatoms. The van der Waals surface area contributed by atoms with Crippen molar-refractivity contribution in [3.8, 4) is 5.69 Å². The predicted molar refractivity (Wildman–Crippen MR) is 136 cm³/mol. The minimum Gasteiger partial charge on any atom is -0.354 e. The first-order chi connectivity index (χ1) is 16.4. The molecule has 34 heavy (non-hydrogen) atoms. The first-order valence-electron chi connectivity index (χ1n) is 11.8. The summed E-state index contributed by atoms with van der Waals surface area (Å²) in [4.78, 5) is 30.7. The number of amides is 2. The third-order valence-corrected chi connectivity index (χ3v) is 7.57. The highest BCUT2D eigenvalue weighted by atomic mass is 32.1. The smallest absolute Gasteiger partial charge is 0.273 e. The topological polar surface area (TPSA) is 59.3 Å². The van der Waals surface area contributed by atoms with E-state index in [2.05, 4.69) is 19.2 Å². The second-order valence-electron chi connectivity index (χ2n) is 9.57. The van der Waals surface area contributed by atoms with Crippen molar-refractivity contribution in [1.82, 2.24) is 19.4 Å². The lowest BCUT2D eigenvalue weighted by Crippen LogP contribution is -2.63. The van der Waals surface area contributed by atoms with Gasteiger partial charge in [0.2, 0.25) is 5.91 Å². The molecule has 4 aromatic rings. The van der Waals surface area contributed by atoms with Gasteiger partial charge in [-0.05, 0) is 48.9 Å². The Balaban J connectivity index is 1.65. The molecule has 0 saturated heterocycles. The zero-order valence-corrected chi connectivity index (χ0v) is 20.6. The van der Waals surface area contributed by atoms with Crippen LogP contribution in [0.5, 0.6) is 0 Å². The highest BCUT2D eigenvalue weighted by Gasteiger charge is 2.49. The first kappa shape index (κ1) is 22.5. The third-order valence-electron chi connectivity index (χ3n) is 6.71. The molecule has 3 aromatic heterocycles. The lowest BCUT2D eigenvalue weighted by atomic mass is 9.94. The molecule has 0 spiro atoms. The van der Waals surface area contributed by atoms with E-state index in [1.807, 2.05) is 82.4 Å². The molecule has 0 saturated carbocycles. The maximum atomic E-state index is 14.2. The second-order valence-corrected chi connectivity index (χ2v) is 10.6. The normalized spacial score (nSPS) is 18.0. The molecule has 1 aliphatic rings. The van der Waals surface area contributed by atoms with Crippen molar-refractivity contribution in [1.29, 1.82) is 0 Å². The van der Waals surface area contributed by atoms with Crippen LogP contribution in [0.1, 0.15) is 42.6 Å². The SMILES string of the molecule is CC(C)CCNC(=O)[C@@]1(C)Cn2c(c(-n3cccc3)c3ccccc32)C(=O)N1Cc1cccs1. The average Bonchev–Trinajstić information content (AvgIpc) is 3.57. The van der Waals surface area contributed by atoms with Crippen LogP contribution in [0.2, 0.25) is 0 Å². The van der Waals surface area contributed by atoms with Gasteiger partial charge in [-0.3, -0.25) is 9.59 Å². The summed E-state index contributed by atoms with van der Waals surface area (Å²) >= 11 is 1.60. The molecule has 0 radical (unpaired) electrons. The Kier molecular flexibility index (Phi) is 5.81. The fourth-order valence-electron chi connectivity index (χ4n) is 4.82. The van der Waals surface area contributed by atoms with E-state index in [4.69, 9.17) is 0 Å². The van der Waals surface area contributed by atoms with Crippen molar-refractivity contribution < 1.29 is 9.59 Å². The molecular formula is C27H30N4O2S. The van der Waals surface area contributed by atoms with Crippen molar-refractivity contribution in [3.63, 3.8) is 0 Å². The van der Waals surface area contributed by atoms with Crippen LogP contribution in [0, 0.1) is 5.92 Å². The number of hydrogen-bond donors (Lipinski definition) is 1. The summed E-state index contributed by atoms with van der Waals surface area (Å²) in [5.41, 5.74) is 1.44. The highest BCUT2D eigenvalue weighted by molar-refractivity contribution is 7.09. The van der Waals surface area contributed by atoms with Gasteiger partial charge in [0.25, 0.3) is 5.91 Å². The minimum atomic E-state index is -1.01. The van der Waals surface area contributed by atoms with Gasteiger partial charge in [0.05, 0.1) is 24.3 Å². The Morgan fingerprint density at radius 2 is 1.88 bits per heavy atom. The van der Waals surface area contributed by atoms with Crippen molar-refractivity contribution in [2.75, 3.05) is 6.54 Å². The van der Waals surface area contributed by atoms with Gasteiger partial charge in [0.1, 0.15) is 11.2 Å². The van der Waals surface area contributed by atoms with Gasteiger partial charge in [-0.1, -0.05) is 38.1 Å². The van der Waals surface area contributed by atoms with E-state index in [1.165, 1.54) is 0 Å². The van der Waals surface area contributed by atoms with Crippen LogP contribution in [-0.4, -0.2) is 37.9 Å². The summed E-state index contributed by atoms with van der Waals surface area (Å²) in [5, 5.41) is 6.13. The van der Waals surface area contributed by atoms with Crippen LogP contribution in [0.3, 0.4) is 0 Å². The zero-order chi connectivity index (χ0) is 23.9. The van der Waals surface area contributed by atoms with Gasteiger partial charge in [-0.25, -0.2) is 0 Å². The van der Waals surface area contributed by atoms with Crippen LogP contribution in [0.15, 0.2) is 66.3 Å². The molecule has 0 bridgehead atoms. The van der Waals surface area contributed by atoms with E-state index in [1.54, 1.807) is 16.2 Å². The maximum Gasteiger partial charge on any atom is 0.273 e. The van der Waals surface area contributed by atoms with E-state index < -0.39 is 5.54 Å². The summed E-state index contributed by atoms with van der Waals surface area (Å²) in [5.74, 6) is 0.262. The number of carbonyl (C=O) groups is 2. The molecule has 1 aromatic carbocycles. The van der Waals surface area contributed by atoms with Crippen molar-refractivity contribution >= 4 is 34.1 Å². The molecule has 0 unspecified atom stereocenters. The standard InChI is InChI=1S/C27H30N4O2S/c1-19(2)12-13-28-26(33)27(3)18-30-22-11-5-4-10-21(22)23(29-14-6-7-15-29)24(30)25(32)31(27)17-20-9-8-16-34-20/h4-11,14-16,19H,12-13,17-18H2,1-3H3,(H,28,33)/t27-/m1/s1. The van der Waals surface area contributed by atoms with Crippen molar-refractivity contribution in [2.45, 2.75) is 45.8 Å². The number of thiophene rings is 1. The molecule has 2 amide bonds. The Hall–Kier alpha value is -3.32. The Bertz CT molecular complexity index is 1320. The third kappa shape index (κ3) is 3.74. The molecule has 6 nitrogen and oxygen atoms in total. The first-order valence-corrected chi connectivity index (χ1v) is 12.7. The minimum absolute atomic E-state index is 0.107. The van der Waals surface area contributed by atoms with E-state index in [0.717, 1.165) is 27.9 Å².